The maximum absolute atomic E-state index is 5.80. The topological polar surface area (TPSA) is 37.8 Å². The van der Waals surface area contributed by atoms with Crippen LogP contribution in [-0.4, -0.2) is 16.5 Å². The van der Waals surface area contributed by atoms with E-state index in [1.165, 1.54) is 11.8 Å². The molecule has 1 aromatic carbocycles. The molecule has 1 aromatic heterocycles. The third kappa shape index (κ3) is 3.20. The standard InChI is InChI=1S/C14H16ClN3/c1-14(2,11-6-4-3-5-7-11)10-17-13-9-16-8-12(15)18-13/h3-9H,10H2,1-2H3,(H,17,18). The molecule has 0 fully saturated rings. The van der Waals surface area contributed by atoms with Gasteiger partial charge in [0.1, 0.15) is 11.0 Å². The Morgan fingerprint density at radius 2 is 1.89 bits per heavy atom. The molecule has 0 unspecified atom stereocenters. The average Bonchev–Trinajstić information content (AvgIpc) is 2.38. The molecular weight excluding hydrogens is 246 g/mol. The smallest absolute Gasteiger partial charge is 0.149 e. The number of aromatic nitrogens is 2. The van der Waals surface area contributed by atoms with Gasteiger partial charge in [-0.15, -0.1) is 0 Å². The number of hydrogen-bond donors (Lipinski definition) is 1. The number of halogens is 1. The van der Waals surface area contributed by atoms with Crippen LogP contribution < -0.4 is 5.32 Å². The van der Waals surface area contributed by atoms with E-state index in [0.717, 1.165) is 6.54 Å². The van der Waals surface area contributed by atoms with Crippen LogP contribution in [0.5, 0.6) is 0 Å². The van der Waals surface area contributed by atoms with Crippen LogP contribution in [0.3, 0.4) is 0 Å². The van der Waals surface area contributed by atoms with Crippen molar-refractivity contribution in [3.63, 3.8) is 0 Å². The highest BCUT2D eigenvalue weighted by molar-refractivity contribution is 6.29. The van der Waals surface area contributed by atoms with E-state index < -0.39 is 0 Å². The van der Waals surface area contributed by atoms with E-state index in [-0.39, 0.29) is 5.41 Å². The molecule has 0 aliphatic rings. The Labute approximate surface area is 112 Å². The molecule has 0 amide bonds. The molecule has 0 saturated carbocycles. The molecular formula is C14H16ClN3. The summed E-state index contributed by atoms with van der Waals surface area (Å²) in [6.07, 6.45) is 3.20. The van der Waals surface area contributed by atoms with Crippen molar-refractivity contribution in [3.05, 3.63) is 53.4 Å². The van der Waals surface area contributed by atoms with Gasteiger partial charge in [-0.25, -0.2) is 4.98 Å². The number of nitrogens with zero attached hydrogens (tertiary/aromatic N) is 2. The van der Waals surface area contributed by atoms with Crippen molar-refractivity contribution < 1.29 is 0 Å². The molecule has 94 valence electrons. The van der Waals surface area contributed by atoms with Crippen LogP contribution in [0, 0.1) is 0 Å². The third-order valence-corrected chi connectivity index (χ3v) is 3.05. The minimum absolute atomic E-state index is 0.0191. The molecule has 1 N–H and O–H groups in total. The number of hydrogen-bond acceptors (Lipinski definition) is 3. The second kappa shape index (κ2) is 5.36. The van der Waals surface area contributed by atoms with Crippen LogP contribution >= 0.6 is 11.6 Å². The summed E-state index contributed by atoms with van der Waals surface area (Å²) in [4.78, 5) is 8.16. The molecule has 2 rings (SSSR count). The summed E-state index contributed by atoms with van der Waals surface area (Å²) in [7, 11) is 0. The fourth-order valence-electron chi connectivity index (χ4n) is 1.73. The van der Waals surface area contributed by atoms with E-state index in [4.69, 9.17) is 11.6 Å². The van der Waals surface area contributed by atoms with Gasteiger partial charge in [0.15, 0.2) is 0 Å². The molecule has 0 aliphatic carbocycles. The van der Waals surface area contributed by atoms with Gasteiger partial charge >= 0.3 is 0 Å². The van der Waals surface area contributed by atoms with Crippen LogP contribution in [0.15, 0.2) is 42.7 Å². The van der Waals surface area contributed by atoms with Gasteiger partial charge in [0.05, 0.1) is 12.4 Å². The molecule has 0 aliphatic heterocycles. The van der Waals surface area contributed by atoms with E-state index in [2.05, 4.69) is 53.4 Å². The number of benzene rings is 1. The average molecular weight is 262 g/mol. The monoisotopic (exact) mass is 261 g/mol. The normalized spacial score (nSPS) is 11.3. The van der Waals surface area contributed by atoms with Gasteiger partial charge in [-0.1, -0.05) is 55.8 Å². The zero-order valence-electron chi connectivity index (χ0n) is 10.5. The highest BCUT2D eigenvalue weighted by atomic mass is 35.5. The summed E-state index contributed by atoms with van der Waals surface area (Å²) in [5.74, 6) is 0.700. The summed E-state index contributed by atoms with van der Waals surface area (Å²) < 4.78 is 0. The maximum Gasteiger partial charge on any atom is 0.149 e. The first-order valence-corrected chi connectivity index (χ1v) is 6.23. The van der Waals surface area contributed by atoms with Crippen molar-refractivity contribution in [2.75, 3.05) is 11.9 Å². The Hall–Kier alpha value is -1.61. The van der Waals surface area contributed by atoms with Crippen molar-refractivity contribution in [1.82, 2.24) is 9.97 Å². The number of anilines is 1. The molecule has 0 radical (unpaired) electrons. The minimum atomic E-state index is 0.0191. The largest absolute Gasteiger partial charge is 0.368 e. The first-order chi connectivity index (χ1) is 8.58. The number of nitrogens with one attached hydrogen (secondary N) is 1. The van der Waals surface area contributed by atoms with Gasteiger partial charge in [-0.2, -0.15) is 0 Å². The first-order valence-electron chi connectivity index (χ1n) is 5.85. The van der Waals surface area contributed by atoms with Crippen LogP contribution in [-0.2, 0) is 5.41 Å². The lowest BCUT2D eigenvalue weighted by atomic mass is 9.85. The quantitative estimate of drug-likeness (QED) is 0.915. The zero-order chi connectivity index (χ0) is 13.0. The van der Waals surface area contributed by atoms with Crippen LogP contribution in [0.2, 0.25) is 5.15 Å². The van der Waals surface area contributed by atoms with Crippen molar-refractivity contribution >= 4 is 17.4 Å². The van der Waals surface area contributed by atoms with Crippen LogP contribution in [0.25, 0.3) is 0 Å². The maximum atomic E-state index is 5.80. The molecule has 18 heavy (non-hydrogen) atoms. The second-order valence-corrected chi connectivity index (χ2v) is 5.22. The van der Waals surface area contributed by atoms with Crippen LogP contribution in [0.1, 0.15) is 19.4 Å². The van der Waals surface area contributed by atoms with Gasteiger partial charge in [0, 0.05) is 12.0 Å². The molecule has 3 nitrogen and oxygen atoms in total. The lowest BCUT2D eigenvalue weighted by molar-refractivity contribution is 0.556. The van der Waals surface area contributed by atoms with E-state index in [0.29, 0.717) is 11.0 Å². The molecule has 2 aromatic rings. The highest BCUT2D eigenvalue weighted by Gasteiger charge is 2.20. The van der Waals surface area contributed by atoms with Gasteiger partial charge in [-0.05, 0) is 5.56 Å². The van der Waals surface area contributed by atoms with Crippen molar-refractivity contribution in [1.29, 1.82) is 0 Å². The molecule has 0 bridgehead atoms. The lowest BCUT2D eigenvalue weighted by Crippen LogP contribution is -2.27. The molecule has 4 heteroatoms. The Morgan fingerprint density at radius 1 is 1.17 bits per heavy atom. The Kier molecular flexibility index (Phi) is 3.82. The van der Waals surface area contributed by atoms with Gasteiger partial charge in [0.2, 0.25) is 0 Å². The summed E-state index contributed by atoms with van der Waals surface area (Å²) in [6, 6.07) is 10.4. The molecule has 0 saturated heterocycles. The molecule has 0 spiro atoms. The number of rotatable bonds is 4. The molecule has 0 atom stereocenters. The zero-order valence-corrected chi connectivity index (χ0v) is 11.3. The van der Waals surface area contributed by atoms with Crippen molar-refractivity contribution in [3.8, 4) is 0 Å². The summed E-state index contributed by atoms with van der Waals surface area (Å²) in [6.45, 7) is 5.15. The first kappa shape index (κ1) is 12.8. The SMILES string of the molecule is CC(C)(CNc1cncc(Cl)n1)c1ccccc1. The summed E-state index contributed by atoms with van der Waals surface area (Å²) >= 11 is 5.80. The van der Waals surface area contributed by atoms with E-state index >= 15 is 0 Å². The second-order valence-electron chi connectivity index (χ2n) is 4.83. The molecule has 1 heterocycles. The van der Waals surface area contributed by atoms with E-state index in [9.17, 15) is 0 Å². The van der Waals surface area contributed by atoms with Gasteiger partial charge in [0.25, 0.3) is 0 Å². The Bertz CT molecular complexity index is 511. The Morgan fingerprint density at radius 3 is 2.56 bits per heavy atom. The lowest BCUT2D eigenvalue weighted by Gasteiger charge is -2.25. The fourth-order valence-corrected chi connectivity index (χ4v) is 1.88. The predicted molar refractivity (Wildman–Crippen MR) is 75.0 cm³/mol. The van der Waals surface area contributed by atoms with Gasteiger partial charge < -0.3 is 5.32 Å². The third-order valence-electron chi connectivity index (χ3n) is 2.87. The van der Waals surface area contributed by atoms with Gasteiger partial charge in [-0.3, -0.25) is 4.98 Å². The fraction of sp³-hybridized carbons (Fsp3) is 0.286. The van der Waals surface area contributed by atoms with Crippen molar-refractivity contribution in [2.24, 2.45) is 0 Å². The van der Waals surface area contributed by atoms with Crippen LogP contribution in [0.4, 0.5) is 5.82 Å². The predicted octanol–water partition coefficient (Wildman–Crippen LogP) is 3.52. The van der Waals surface area contributed by atoms with Crippen molar-refractivity contribution in [2.45, 2.75) is 19.3 Å². The Balaban J connectivity index is 2.05. The summed E-state index contributed by atoms with van der Waals surface area (Å²) in [5, 5.41) is 3.67. The van der Waals surface area contributed by atoms with E-state index in [1.807, 2.05) is 6.07 Å². The van der Waals surface area contributed by atoms with E-state index in [1.54, 1.807) is 6.20 Å². The highest BCUT2D eigenvalue weighted by Crippen LogP contribution is 2.23. The minimum Gasteiger partial charge on any atom is -0.368 e. The summed E-state index contributed by atoms with van der Waals surface area (Å²) in [5.41, 5.74) is 1.30.